The molecule has 2 aromatic carbocycles. The molecule has 1 N–H and O–H groups in total. The average molecular weight is 280 g/mol. The minimum absolute atomic E-state index is 0.111. The zero-order valence-corrected chi connectivity index (χ0v) is 12.4. The topological polar surface area (TPSA) is 41.5 Å². The number of benzene rings is 2. The molecule has 1 amide bonds. The van der Waals surface area contributed by atoms with Crippen LogP contribution in [0.3, 0.4) is 0 Å². The Morgan fingerprint density at radius 2 is 1.48 bits per heavy atom. The quantitative estimate of drug-likeness (QED) is 0.658. The summed E-state index contributed by atoms with van der Waals surface area (Å²) in [7, 11) is 0. The van der Waals surface area contributed by atoms with Crippen LogP contribution in [0.5, 0.6) is 0 Å². The Balaban J connectivity index is 2.31. The van der Waals surface area contributed by atoms with Crippen molar-refractivity contribution in [1.82, 2.24) is 5.43 Å². The first-order valence-corrected chi connectivity index (χ1v) is 7.15. The highest BCUT2D eigenvalue weighted by Crippen LogP contribution is 2.24. The van der Waals surface area contributed by atoms with Crippen LogP contribution in [0.1, 0.15) is 37.3 Å². The van der Waals surface area contributed by atoms with Gasteiger partial charge in [-0.05, 0) is 24.5 Å². The van der Waals surface area contributed by atoms with Crippen LogP contribution >= 0.6 is 0 Å². The number of carbonyl (C=O) groups excluding carboxylic acids is 1. The van der Waals surface area contributed by atoms with E-state index in [0.29, 0.717) is 0 Å². The second-order valence-corrected chi connectivity index (χ2v) is 4.93. The lowest BCUT2D eigenvalue weighted by atomic mass is 9.91. The van der Waals surface area contributed by atoms with Gasteiger partial charge in [0.05, 0.1) is 5.92 Å². The third-order valence-electron chi connectivity index (χ3n) is 3.40. The molecule has 0 heterocycles. The second-order valence-electron chi connectivity index (χ2n) is 4.93. The smallest absolute Gasteiger partial charge is 0.252 e. The minimum Gasteiger partial charge on any atom is -0.272 e. The number of nitrogens with one attached hydrogen (secondary N) is 1. The second kappa shape index (κ2) is 7.39. The number of hydrogen-bond donors (Lipinski definition) is 1. The van der Waals surface area contributed by atoms with Crippen molar-refractivity contribution in [2.24, 2.45) is 5.10 Å². The van der Waals surface area contributed by atoms with Crippen molar-refractivity contribution in [3.63, 3.8) is 0 Å². The molecule has 2 rings (SSSR count). The third-order valence-corrected chi connectivity index (χ3v) is 3.40. The number of rotatable bonds is 5. The lowest BCUT2D eigenvalue weighted by Crippen LogP contribution is -2.27. The molecule has 0 bridgehead atoms. The average Bonchev–Trinajstić information content (AvgIpc) is 2.55. The van der Waals surface area contributed by atoms with Gasteiger partial charge in [0.15, 0.2) is 0 Å². The zero-order valence-electron chi connectivity index (χ0n) is 12.4. The highest BCUT2D eigenvalue weighted by molar-refractivity contribution is 5.89. The summed E-state index contributed by atoms with van der Waals surface area (Å²) in [6.07, 6.45) is 0.821. The molecule has 0 radical (unpaired) electrons. The van der Waals surface area contributed by atoms with Crippen LogP contribution in [0.25, 0.3) is 0 Å². The van der Waals surface area contributed by atoms with Gasteiger partial charge in [0.1, 0.15) is 0 Å². The standard InChI is InChI=1S/C18H20N2O/c1-3-14(2)19-20-18(21)17(15-10-6-4-7-11-15)16-12-8-5-9-13-16/h4-13,17H,3H2,1-2H3,(H,20,21). The predicted octanol–water partition coefficient (Wildman–Crippen LogP) is 3.72. The molecule has 108 valence electrons. The predicted molar refractivity (Wildman–Crippen MR) is 86.3 cm³/mol. The normalized spacial score (nSPS) is 11.5. The lowest BCUT2D eigenvalue weighted by molar-refractivity contribution is -0.121. The third kappa shape index (κ3) is 4.02. The monoisotopic (exact) mass is 280 g/mol. The lowest BCUT2D eigenvalue weighted by Gasteiger charge is -2.16. The van der Waals surface area contributed by atoms with Crippen LogP contribution in [0, 0.1) is 0 Å². The molecule has 3 heteroatoms. The van der Waals surface area contributed by atoms with Gasteiger partial charge in [-0.25, -0.2) is 5.43 Å². The van der Waals surface area contributed by atoms with Gasteiger partial charge in [0.2, 0.25) is 0 Å². The number of carbonyl (C=O) groups is 1. The van der Waals surface area contributed by atoms with E-state index in [1.807, 2.05) is 74.5 Å². The fraction of sp³-hybridized carbons (Fsp3) is 0.222. The SMILES string of the molecule is CCC(C)=NNC(=O)C(c1ccccc1)c1ccccc1. The fourth-order valence-electron chi connectivity index (χ4n) is 2.08. The van der Waals surface area contributed by atoms with E-state index in [-0.39, 0.29) is 11.8 Å². The van der Waals surface area contributed by atoms with Crippen molar-refractivity contribution in [3.05, 3.63) is 71.8 Å². The van der Waals surface area contributed by atoms with Crippen molar-refractivity contribution in [2.45, 2.75) is 26.2 Å². The molecular formula is C18H20N2O. The summed E-state index contributed by atoms with van der Waals surface area (Å²) in [5, 5.41) is 4.13. The summed E-state index contributed by atoms with van der Waals surface area (Å²) in [6, 6.07) is 19.5. The first-order chi connectivity index (χ1) is 10.2. The molecule has 0 spiro atoms. The fourth-order valence-corrected chi connectivity index (χ4v) is 2.08. The first kappa shape index (κ1) is 15.0. The molecule has 21 heavy (non-hydrogen) atoms. The van der Waals surface area contributed by atoms with Crippen molar-refractivity contribution < 1.29 is 4.79 Å². The van der Waals surface area contributed by atoms with Crippen LogP contribution in [-0.2, 0) is 4.79 Å². The summed E-state index contributed by atoms with van der Waals surface area (Å²) in [4.78, 5) is 12.5. The Labute approximate surface area is 125 Å². The molecular weight excluding hydrogens is 260 g/mol. The van der Waals surface area contributed by atoms with Crippen LogP contribution in [0.15, 0.2) is 65.8 Å². The summed E-state index contributed by atoms with van der Waals surface area (Å²) in [6.45, 7) is 3.91. The van der Waals surface area contributed by atoms with E-state index in [1.54, 1.807) is 0 Å². The Kier molecular flexibility index (Phi) is 5.27. The highest BCUT2D eigenvalue weighted by atomic mass is 16.2. The molecule has 0 unspecified atom stereocenters. The van der Waals surface area contributed by atoms with Gasteiger partial charge in [-0.1, -0.05) is 67.6 Å². The van der Waals surface area contributed by atoms with Crippen LogP contribution in [0.2, 0.25) is 0 Å². The minimum atomic E-state index is -0.346. The van der Waals surface area contributed by atoms with E-state index in [4.69, 9.17) is 0 Å². The molecule has 0 saturated heterocycles. The van der Waals surface area contributed by atoms with Crippen LogP contribution in [0.4, 0.5) is 0 Å². The molecule has 0 atom stereocenters. The first-order valence-electron chi connectivity index (χ1n) is 7.15. The Morgan fingerprint density at radius 3 is 1.90 bits per heavy atom. The van der Waals surface area contributed by atoms with E-state index in [2.05, 4.69) is 10.5 Å². The van der Waals surface area contributed by atoms with Gasteiger partial charge < -0.3 is 0 Å². The maximum Gasteiger partial charge on any atom is 0.252 e. The maximum absolute atomic E-state index is 12.5. The van der Waals surface area contributed by atoms with Gasteiger partial charge in [-0.15, -0.1) is 0 Å². The number of hydrogen-bond acceptors (Lipinski definition) is 2. The van der Waals surface area contributed by atoms with Gasteiger partial charge in [0, 0.05) is 5.71 Å². The van der Waals surface area contributed by atoms with Crippen molar-refractivity contribution in [3.8, 4) is 0 Å². The Bertz CT molecular complexity index is 566. The number of nitrogens with zero attached hydrogens (tertiary/aromatic N) is 1. The summed E-state index contributed by atoms with van der Waals surface area (Å²) < 4.78 is 0. The van der Waals surface area contributed by atoms with Gasteiger partial charge in [-0.3, -0.25) is 4.79 Å². The van der Waals surface area contributed by atoms with Crippen molar-refractivity contribution >= 4 is 11.6 Å². The van der Waals surface area contributed by atoms with Crippen molar-refractivity contribution in [2.75, 3.05) is 0 Å². The molecule has 0 saturated carbocycles. The molecule has 0 fully saturated rings. The van der Waals surface area contributed by atoms with Crippen LogP contribution in [-0.4, -0.2) is 11.6 Å². The highest BCUT2D eigenvalue weighted by Gasteiger charge is 2.22. The molecule has 2 aromatic rings. The van der Waals surface area contributed by atoms with Crippen molar-refractivity contribution in [1.29, 1.82) is 0 Å². The van der Waals surface area contributed by atoms with E-state index in [1.165, 1.54) is 0 Å². The summed E-state index contributed by atoms with van der Waals surface area (Å²) in [5.74, 6) is -0.457. The van der Waals surface area contributed by atoms with E-state index >= 15 is 0 Å². The maximum atomic E-state index is 12.5. The Morgan fingerprint density at radius 1 is 1.00 bits per heavy atom. The van der Waals surface area contributed by atoms with E-state index < -0.39 is 0 Å². The van der Waals surface area contributed by atoms with E-state index in [0.717, 1.165) is 23.3 Å². The number of amides is 1. The van der Waals surface area contributed by atoms with Gasteiger partial charge >= 0.3 is 0 Å². The summed E-state index contributed by atoms with van der Waals surface area (Å²) >= 11 is 0. The summed E-state index contributed by atoms with van der Waals surface area (Å²) in [5.41, 5.74) is 5.51. The van der Waals surface area contributed by atoms with Crippen LogP contribution < -0.4 is 5.43 Å². The molecule has 0 aliphatic carbocycles. The van der Waals surface area contributed by atoms with Gasteiger partial charge in [-0.2, -0.15) is 5.10 Å². The molecule has 3 nitrogen and oxygen atoms in total. The molecule has 0 aliphatic rings. The Hall–Kier alpha value is -2.42. The van der Waals surface area contributed by atoms with Gasteiger partial charge in [0.25, 0.3) is 5.91 Å². The number of hydrazone groups is 1. The zero-order chi connectivity index (χ0) is 15.1. The largest absolute Gasteiger partial charge is 0.272 e. The van der Waals surface area contributed by atoms with E-state index in [9.17, 15) is 4.79 Å². The molecule has 0 aromatic heterocycles. The molecule has 0 aliphatic heterocycles.